The fourth-order valence-electron chi connectivity index (χ4n) is 3.03. The molecule has 1 aromatic carbocycles. The van der Waals surface area contributed by atoms with E-state index in [4.69, 9.17) is 10.7 Å². The predicted octanol–water partition coefficient (Wildman–Crippen LogP) is 4.89. The number of anilines is 1. The molecule has 0 radical (unpaired) electrons. The van der Waals surface area contributed by atoms with Crippen molar-refractivity contribution in [3.05, 3.63) is 36.3 Å². The molecular weight excluding hydrogens is 296 g/mol. The zero-order chi connectivity index (χ0) is 17.4. The van der Waals surface area contributed by atoms with Crippen LogP contribution >= 0.6 is 0 Å². The molecule has 1 atom stereocenters. The number of hydrogen-bond acceptors (Lipinski definition) is 3. The lowest BCUT2D eigenvalue weighted by Crippen LogP contribution is -2.21. The third kappa shape index (κ3) is 4.84. The molecule has 4 heteroatoms. The quantitative estimate of drug-likeness (QED) is 0.610. The summed E-state index contributed by atoms with van der Waals surface area (Å²) in [6.07, 6.45) is 7.92. The normalized spacial score (nSPS) is 12.3. The second-order valence-corrected chi connectivity index (χ2v) is 6.35. The molecule has 0 saturated carbocycles. The zero-order valence-electron chi connectivity index (χ0n) is 15.4. The van der Waals surface area contributed by atoms with Gasteiger partial charge in [-0.15, -0.1) is 0 Å². The number of nitrogens with zero attached hydrogens (tertiary/aromatic N) is 2. The fourth-order valence-corrected chi connectivity index (χ4v) is 3.03. The molecule has 0 bridgehead atoms. The number of H-pyrrole nitrogens is 1. The van der Waals surface area contributed by atoms with Crippen molar-refractivity contribution >= 4 is 5.69 Å². The van der Waals surface area contributed by atoms with Crippen LogP contribution in [0.3, 0.4) is 0 Å². The SMILES string of the molecule is CCCCCCC(N)c1nc(-c2ccc(N(CC)CC)cc2)c[nH]1. The molecule has 0 spiro atoms. The van der Waals surface area contributed by atoms with Crippen molar-refractivity contribution in [2.45, 2.75) is 58.9 Å². The van der Waals surface area contributed by atoms with Crippen LogP contribution < -0.4 is 10.6 Å². The lowest BCUT2D eigenvalue weighted by molar-refractivity contribution is 0.550. The number of nitrogens with one attached hydrogen (secondary N) is 1. The van der Waals surface area contributed by atoms with E-state index >= 15 is 0 Å². The van der Waals surface area contributed by atoms with Gasteiger partial charge in [0.1, 0.15) is 5.82 Å². The minimum atomic E-state index is 0.00514. The maximum absolute atomic E-state index is 6.27. The maximum Gasteiger partial charge on any atom is 0.123 e. The highest BCUT2D eigenvalue weighted by atomic mass is 15.1. The van der Waals surface area contributed by atoms with Crippen molar-refractivity contribution in [2.75, 3.05) is 18.0 Å². The number of imidazole rings is 1. The molecule has 1 heterocycles. The Morgan fingerprint density at radius 2 is 1.75 bits per heavy atom. The van der Waals surface area contributed by atoms with Gasteiger partial charge in [0, 0.05) is 30.5 Å². The van der Waals surface area contributed by atoms with Crippen molar-refractivity contribution in [3.8, 4) is 11.3 Å². The number of nitrogens with two attached hydrogens (primary N) is 1. The van der Waals surface area contributed by atoms with Crippen LogP contribution in [-0.2, 0) is 0 Å². The van der Waals surface area contributed by atoms with E-state index < -0.39 is 0 Å². The molecule has 0 fully saturated rings. The van der Waals surface area contributed by atoms with Gasteiger partial charge in [0.15, 0.2) is 0 Å². The number of hydrogen-bond donors (Lipinski definition) is 2. The monoisotopic (exact) mass is 328 g/mol. The molecule has 0 aliphatic carbocycles. The Hall–Kier alpha value is -1.81. The van der Waals surface area contributed by atoms with Crippen LogP contribution in [0.25, 0.3) is 11.3 Å². The van der Waals surface area contributed by atoms with Gasteiger partial charge in [-0.25, -0.2) is 4.98 Å². The molecule has 0 amide bonds. The summed E-state index contributed by atoms with van der Waals surface area (Å²) < 4.78 is 0. The number of rotatable bonds is 10. The van der Waals surface area contributed by atoms with Gasteiger partial charge in [-0.2, -0.15) is 0 Å². The van der Waals surface area contributed by atoms with Crippen LogP contribution in [0.5, 0.6) is 0 Å². The Bertz CT molecular complexity index is 584. The summed E-state index contributed by atoms with van der Waals surface area (Å²) in [5.74, 6) is 0.898. The van der Waals surface area contributed by atoms with E-state index in [1.54, 1.807) is 0 Å². The molecule has 0 aliphatic heterocycles. The average Bonchev–Trinajstić information content (AvgIpc) is 3.10. The van der Waals surface area contributed by atoms with Crippen LogP contribution in [0, 0.1) is 0 Å². The summed E-state index contributed by atoms with van der Waals surface area (Å²) >= 11 is 0. The van der Waals surface area contributed by atoms with Crippen molar-refractivity contribution in [2.24, 2.45) is 5.73 Å². The molecule has 4 nitrogen and oxygen atoms in total. The van der Waals surface area contributed by atoms with Crippen LogP contribution in [0.2, 0.25) is 0 Å². The molecule has 1 aromatic heterocycles. The molecule has 2 aromatic rings. The van der Waals surface area contributed by atoms with Crippen molar-refractivity contribution in [1.82, 2.24) is 9.97 Å². The van der Waals surface area contributed by atoms with E-state index in [1.165, 1.54) is 31.4 Å². The standard InChI is InChI=1S/C20H32N4/c1-4-7-8-9-10-18(21)20-22-15-19(23-20)16-11-13-17(14-12-16)24(5-2)6-3/h11-15,18H,4-10,21H2,1-3H3,(H,22,23). The van der Waals surface area contributed by atoms with E-state index in [2.05, 4.69) is 54.9 Å². The summed E-state index contributed by atoms with van der Waals surface area (Å²) in [5, 5.41) is 0. The van der Waals surface area contributed by atoms with E-state index in [0.29, 0.717) is 0 Å². The van der Waals surface area contributed by atoms with Crippen molar-refractivity contribution < 1.29 is 0 Å². The van der Waals surface area contributed by atoms with Crippen LogP contribution in [-0.4, -0.2) is 23.1 Å². The van der Waals surface area contributed by atoms with Gasteiger partial charge >= 0.3 is 0 Å². The Balaban J connectivity index is 1.99. The molecule has 1 unspecified atom stereocenters. The molecule has 0 saturated heterocycles. The predicted molar refractivity (Wildman–Crippen MR) is 103 cm³/mol. The third-order valence-corrected chi connectivity index (χ3v) is 4.61. The number of aromatic nitrogens is 2. The average molecular weight is 329 g/mol. The maximum atomic E-state index is 6.27. The molecule has 0 aliphatic rings. The van der Waals surface area contributed by atoms with Gasteiger partial charge in [0.25, 0.3) is 0 Å². The first-order valence-corrected chi connectivity index (χ1v) is 9.35. The van der Waals surface area contributed by atoms with Crippen LogP contribution in [0.4, 0.5) is 5.69 Å². The topological polar surface area (TPSA) is 57.9 Å². The van der Waals surface area contributed by atoms with Gasteiger partial charge in [-0.1, -0.05) is 44.7 Å². The fraction of sp³-hybridized carbons (Fsp3) is 0.550. The molecule has 2 rings (SSSR count). The first-order valence-electron chi connectivity index (χ1n) is 9.35. The highest BCUT2D eigenvalue weighted by Crippen LogP contribution is 2.24. The Morgan fingerprint density at radius 3 is 2.38 bits per heavy atom. The van der Waals surface area contributed by atoms with Gasteiger partial charge in [-0.05, 0) is 32.4 Å². The van der Waals surface area contributed by atoms with Crippen molar-refractivity contribution in [3.63, 3.8) is 0 Å². The van der Waals surface area contributed by atoms with Crippen LogP contribution in [0.15, 0.2) is 30.5 Å². The molecule has 24 heavy (non-hydrogen) atoms. The lowest BCUT2D eigenvalue weighted by atomic mass is 10.1. The summed E-state index contributed by atoms with van der Waals surface area (Å²) in [7, 11) is 0. The van der Waals surface area contributed by atoms with Gasteiger partial charge in [0.05, 0.1) is 11.7 Å². The largest absolute Gasteiger partial charge is 0.372 e. The van der Waals surface area contributed by atoms with E-state index in [-0.39, 0.29) is 6.04 Å². The summed E-state index contributed by atoms with van der Waals surface area (Å²) in [4.78, 5) is 10.3. The van der Waals surface area contributed by atoms with Gasteiger partial charge in [-0.3, -0.25) is 0 Å². The Labute approximate surface area is 146 Å². The number of unbranched alkanes of at least 4 members (excludes halogenated alkanes) is 3. The zero-order valence-corrected chi connectivity index (χ0v) is 15.4. The minimum absolute atomic E-state index is 0.00514. The van der Waals surface area contributed by atoms with E-state index in [0.717, 1.165) is 36.6 Å². The van der Waals surface area contributed by atoms with Crippen molar-refractivity contribution in [1.29, 1.82) is 0 Å². The number of benzene rings is 1. The van der Waals surface area contributed by atoms with Gasteiger partial charge < -0.3 is 15.6 Å². The second-order valence-electron chi connectivity index (χ2n) is 6.35. The Morgan fingerprint density at radius 1 is 1.04 bits per heavy atom. The molecule has 3 N–H and O–H groups in total. The first-order chi connectivity index (χ1) is 11.7. The summed E-state index contributed by atoms with van der Waals surface area (Å²) in [6, 6.07) is 8.62. The minimum Gasteiger partial charge on any atom is -0.372 e. The molecule has 132 valence electrons. The van der Waals surface area contributed by atoms with E-state index in [1.807, 2.05) is 6.20 Å². The van der Waals surface area contributed by atoms with Gasteiger partial charge in [0.2, 0.25) is 0 Å². The summed E-state index contributed by atoms with van der Waals surface area (Å²) in [5.41, 5.74) is 9.63. The highest BCUT2D eigenvalue weighted by molar-refractivity contribution is 5.62. The third-order valence-electron chi connectivity index (χ3n) is 4.61. The first kappa shape index (κ1) is 18.5. The Kier molecular flexibility index (Phi) is 7.32. The smallest absolute Gasteiger partial charge is 0.123 e. The van der Waals surface area contributed by atoms with Crippen LogP contribution in [0.1, 0.15) is 64.7 Å². The lowest BCUT2D eigenvalue weighted by Gasteiger charge is -2.20. The summed E-state index contributed by atoms with van der Waals surface area (Å²) in [6.45, 7) is 8.63. The van der Waals surface area contributed by atoms with E-state index in [9.17, 15) is 0 Å². The molecular formula is C20H32N4. The number of aromatic amines is 1. The second kappa shape index (κ2) is 9.48. The highest BCUT2D eigenvalue weighted by Gasteiger charge is 2.11.